The van der Waals surface area contributed by atoms with Gasteiger partial charge in [-0.15, -0.1) is 0 Å². The molecular weight excluding hydrogens is 386 g/mol. The molecule has 7 heteroatoms. The minimum atomic E-state index is -0.191. The molecule has 0 fully saturated rings. The standard InChI is InChI=1S/C18H20BrN3O3/c1-22(11-17(23)20-14-5-3-13(19)4-6-14)12-18(24)21-15-7-9-16(25-2)10-8-15/h3-10H,11-12H2,1-2H3,(H,20,23)(H,21,24). The van der Waals surface area contributed by atoms with Crippen molar-refractivity contribution in [2.75, 3.05) is 37.9 Å². The van der Waals surface area contributed by atoms with Crippen LogP contribution in [0.4, 0.5) is 11.4 Å². The molecule has 0 aliphatic rings. The Kier molecular flexibility index (Phi) is 6.97. The van der Waals surface area contributed by atoms with Gasteiger partial charge in [0.05, 0.1) is 20.2 Å². The zero-order valence-electron chi connectivity index (χ0n) is 14.1. The maximum Gasteiger partial charge on any atom is 0.238 e. The van der Waals surface area contributed by atoms with Gasteiger partial charge in [0.1, 0.15) is 5.75 Å². The summed E-state index contributed by atoms with van der Waals surface area (Å²) in [6.45, 7) is 0.228. The van der Waals surface area contributed by atoms with Crippen LogP contribution in [0.5, 0.6) is 5.75 Å². The number of methoxy groups -OCH3 is 1. The number of ether oxygens (including phenoxy) is 1. The predicted octanol–water partition coefficient (Wildman–Crippen LogP) is 2.97. The Morgan fingerprint density at radius 1 is 0.920 bits per heavy atom. The van der Waals surface area contributed by atoms with Gasteiger partial charge in [0.25, 0.3) is 0 Å². The van der Waals surface area contributed by atoms with Crippen molar-refractivity contribution in [1.82, 2.24) is 4.90 Å². The first-order valence-electron chi connectivity index (χ1n) is 7.64. The molecule has 6 nitrogen and oxygen atoms in total. The highest BCUT2D eigenvalue weighted by Crippen LogP contribution is 2.15. The summed E-state index contributed by atoms with van der Waals surface area (Å²) in [5.74, 6) is 0.353. The molecule has 0 radical (unpaired) electrons. The topological polar surface area (TPSA) is 70.7 Å². The molecule has 2 rings (SSSR count). The van der Waals surface area contributed by atoms with E-state index in [1.165, 1.54) is 0 Å². The van der Waals surface area contributed by atoms with Crippen molar-refractivity contribution in [1.29, 1.82) is 0 Å². The Labute approximate surface area is 155 Å². The third-order valence-corrected chi connectivity index (χ3v) is 3.86. The van der Waals surface area contributed by atoms with Crippen molar-refractivity contribution in [3.63, 3.8) is 0 Å². The summed E-state index contributed by atoms with van der Waals surface area (Å²) >= 11 is 3.34. The van der Waals surface area contributed by atoms with Crippen LogP contribution in [0.3, 0.4) is 0 Å². The largest absolute Gasteiger partial charge is 0.497 e. The van der Waals surface area contributed by atoms with Crippen molar-refractivity contribution in [3.05, 3.63) is 53.0 Å². The second kappa shape index (κ2) is 9.19. The second-order valence-electron chi connectivity index (χ2n) is 5.50. The Hall–Kier alpha value is -2.38. The molecule has 0 spiro atoms. The summed E-state index contributed by atoms with van der Waals surface area (Å²) < 4.78 is 6.01. The van der Waals surface area contributed by atoms with Crippen LogP contribution >= 0.6 is 15.9 Å². The monoisotopic (exact) mass is 405 g/mol. The van der Waals surface area contributed by atoms with Crippen LogP contribution in [0.15, 0.2) is 53.0 Å². The molecule has 0 heterocycles. The number of halogens is 1. The molecule has 25 heavy (non-hydrogen) atoms. The van der Waals surface area contributed by atoms with Crippen LogP contribution in [0.25, 0.3) is 0 Å². The molecule has 0 aliphatic heterocycles. The number of likely N-dealkylation sites (N-methyl/N-ethyl adjacent to an activating group) is 1. The van der Waals surface area contributed by atoms with Gasteiger partial charge in [0.2, 0.25) is 11.8 Å². The summed E-state index contributed by atoms with van der Waals surface area (Å²) in [6.07, 6.45) is 0. The van der Waals surface area contributed by atoms with E-state index in [1.54, 1.807) is 55.5 Å². The Bertz CT molecular complexity index is 717. The lowest BCUT2D eigenvalue weighted by atomic mass is 10.3. The Morgan fingerprint density at radius 3 is 1.80 bits per heavy atom. The number of rotatable bonds is 7. The lowest BCUT2D eigenvalue weighted by molar-refractivity contribution is -0.119. The molecular formula is C18H20BrN3O3. The summed E-state index contributed by atoms with van der Waals surface area (Å²) in [5.41, 5.74) is 1.39. The Morgan fingerprint density at radius 2 is 1.36 bits per heavy atom. The third kappa shape index (κ3) is 6.56. The maximum atomic E-state index is 12.0. The summed E-state index contributed by atoms with van der Waals surface area (Å²) in [4.78, 5) is 25.7. The van der Waals surface area contributed by atoms with Crippen LogP contribution in [-0.4, -0.2) is 44.0 Å². The smallest absolute Gasteiger partial charge is 0.238 e. The number of anilines is 2. The zero-order chi connectivity index (χ0) is 18.2. The molecule has 0 aliphatic carbocycles. The average molecular weight is 406 g/mol. The van der Waals surface area contributed by atoms with Gasteiger partial charge in [-0.1, -0.05) is 15.9 Å². The third-order valence-electron chi connectivity index (χ3n) is 3.33. The number of amides is 2. The first kappa shape index (κ1) is 19.0. The minimum absolute atomic E-state index is 0.111. The SMILES string of the molecule is COc1ccc(NC(=O)CN(C)CC(=O)Nc2ccc(Br)cc2)cc1. The zero-order valence-corrected chi connectivity index (χ0v) is 15.7. The quantitative estimate of drug-likeness (QED) is 0.742. The van der Waals surface area contributed by atoms with Crippen LogP contribution in [0, 0.1) is 0 Å². The fourth-order valence-electron chi connectivity index (χ4n) is 2.15. The highest BCUT2D eigenvalue weighted by molar-refractivity contribution is 9.10. The highest BCUT2D eigenvalue weighted by Gasteiger charge is 2.11. The molecule has 2 N–H and O–H groups in total. The molecule has 0 saturated carbocycles. The van der Waals surface area contributed by atoms with Gasteiger partial charge in [-0.2, -0.15) is 0 Å². The predicted molar refractivity (Wildman–Crippen MR) is 102 cm³/mol. The van der Waals surface area contributed by atoms with Crippen molar-refractivity contribution in [2.45, 2.75) is 0 Å². The van der Waals surface area contributed by atoms with E-state index >= 15 is 0 Å². The fourth-order valence-corrected chi connectivity index (χ4v) is 2.42. The number of hydrogen-bond acceptors (Lipinski definition) is 4. The Balaban J connectivity index is 1.77. The minimum Gasteiger partial charge on any atom is -0.497 e. The molecule has 0 bridgehead atoms. The number of nitrogens with zero attached hydrogens (tertiary/aromatic N) is 1. The molecule has 0 unspecified atom stereocenters. The lowest BCUT2D eigenvalue weighted by Gasteiger charge is -2.16. The molecule has 132 valence electrons. The number of benzene rings is 2. The van der Waals surface area contributed by atoms with Gasteiger partial charge in [0, 0.05) is 15.8 Å². The van der Waals surface area contributed by atoms with Gasteiger partial charge < -0.3 is 15.4 Å². The van der Waals surface area contributed by atoms with Gasteiger partial charge in [-0.05, 0) is 55.6 Å². The van der Waals surface area contributed by atoms with Crippen LogP contribution in [0.1, 0.15) is 0 Å². The molecule has 0 saturated heterocycles. The van der Waals surface area contributed by atoms with E-state index in [1.807, 2.05) is 12.1 Å². The molecule has 0 atom stereocenters. The summed E-state index contributed by atoms with van der Waals surface area (Å²) in [5, 5.41) is 5.57. The maximum absolute atomic E-state index is 12.0. The van der Waals surface area contributed by atoms with E-state index in [0.29, 0.717) is 11.4 Å². The van der Waals surface area contributed by atoms with Crippen LogP contribution in [0.2, 0.25) is 0 Å². The van der Waals surface area contributed by atoms with E-state index in [2.05, 4.69) is 26.6 Å². The fraction of sp³-hybridized carbons (Fsp3) is 0.222. The summed E-state index contributed by atoms with van der Waals surface area (Å²) in [7, 11) is 3.30. The van der Waals surface area contributed by atoms with Crippen LogP contribution < -0.4 is 15.4 Å². The number of carbonyl (C=O) groups is 2. The molecule has 0 aromatic heterocycles. The molecule has 2 aromatic carbocycles. The van der Waals surface area contributed by atoms with Crippen molar-refractivity contribution >= 4 is 39.1 Å². The van der Waals surface area contributed by atoms with Gasteiger partial charge in [-0.25, -0.2) is 0 Å². The molecule has 2 amide bonds. The normalized spacial score (nSPS) is 10.4. The van der Waals surface area contributed by atoms with Crippen molar-refractivity contribution in [3.8, 4) is 5.75 Å². The van der Waals surface area contributed by atoms with Gasteiger partial charge in [-0.3, -0.25) is 14.5 Å². The first-order valence-corrected chi connectivity index (χ1v) is 8.43. The number of carbonyl (C=O) groups excluding carboxylic acids is 2. The van der Waals surface area contributed by atoms with Gasteiger partial charge in [0.15, 0.2) is 0 Å². The van der Waals surface area contributed by atoms with E-state index in [-0.39, 0.29) is 24.9 Å². The number of nitrogens with one attached hydrogen (secondary N) is 2. The second-order valence-corrected chi connectivity index (χ2v) is 6.42. The molecule has 2 aromatic rings. The highest BCUT2D eigenvalue weighted by atomic mass is 79.9. The van der Waals surface area contributed by atoms with Crippen molar-refractivity contribution in [2.24, 2.45) is 0 Å². The van der Waals surface area contributed by atoms with E-state index in [9.17, 15) is 9.59 Å². The van der Waals surface area contributed by atoms with Gasteiger partial charge >= 0.3 is 0 Å². The summed E-state index contributed by atoms with van der Waals surface area (Å²) in [6, 6.07) is 14.4. The number of hydrogen-bond donors (Lipinski definition) is 2. The first-order chi connectivity index (χ1) is 12.0. The van der Waals surface area contributed by atoms with Crippen LogP contribution in [-0.2, 0) is 9.59 Å². The van der Waals surface area contributed by atoms with Crippen molar-refractivity contribution < 1.29 is 14.3 Å². The average Bonchev–Trinajstić information content (AvgIpc) is 2.57. The van der Waals surface area contributed by atoms with E-state index < -0.39 is 0 Å². The lowest BCUT2D eigenvalue weighted by Crippen LogP contribution is -2.36. The van der Waals surface area contributed by atoms with E-state index in [4.69, 9.17) is 4.74 Å². The van der Waals surface area contributed by atoms with E-state index in [0.717, 1.165) is 10.2 Å².